The van der Waals surface area contributed by atoms with Crippen LogP contribution in [-0.2, 0) is 0 Å². The second-order valence-electron chi connectivity index (χ2n) is 7.06. The van der Waals surface area contributed by atoms with E-state index in [0.29, 0.717) is 24.3 Å². The molecule has 0 unspecified atom stereocenters. The minimum Gasteiger partial charge on any atom is -0.397 e. The number of hydrogen-bond acceptors (Lipinski definition) is 4. The molecule has 0 bridgehead atoms. The third-order valence-corrected chi connectivity index (χ3v) is 5.20. The van der Waals surface area contributed by atoms with Crippen LogP contribution in [-0.4, -0.2) is 46.9 Å². The third kappa shape index (κ3) is 3.89. The van der Waals surface area contributed by atoms with Gasteiger partial charge in [0.25, 0.3) is 5.91 Å². The fourth-order valence-electron chi connectivity index (χ4n) is 3.83. The molecule has 2 N–H and O–H groups in total. The molecule has 28 heavy (non-hydrogen) atoms. The largest absolute Gasteiger partial charge is 0.397 e. The number of pyridine rings is 1. The predicted molar refractivity (Wildman–Crippen MR) is 111 cm³/mol. The van der Waals surface area contributed by atoms with E-state index < -0.39 is 0 Å². The van der Waals surface area contributed by atoms with Crippen molar-refractivity contribution in [3.8, 4) is 0 Å². The summed E-state index contributed by atoms with van der Waals surface area (Å²) in [6.07, 6.45) is 3.14. The van der Waals surface area contributed by atoms with Gasteiger partial charge in [-0.05, 0) is 17.2 Å². The molecule has 1 amide bonds. The zero-order valence-electron chi connectivity index (χ0n) is 15.7. The van der Waals surface area contributed by atoms with E-state index in [9.17, 15) is 4.79 Å². The number of nitrogens with zero attached hydrogens (tertiary/aromatic N) is 3. The Labute approximate surface area is 165 Å². The van der Waals surface area contributed by atoms with Crippen LogP contribution in [0.1, 0.15) is 27.5 Å². The Kier molecular flexibility index (Phi) is 5.35. The normalized spacial score (nSPS) is 15.0. The summed E-state index contributed by atoms with van der Waals surface area (Å²) >= 11 is 0. The summed E-state index contributed by atoms with van der Waals surface area (Å²) in [6.45, 7) is 3.00. The van der Waals surface area contributed by atoms with E-state index >= 15 is 0 Å². The van der Waals surface area contributed by atoms with Crippen molar-refractivity contribution in [1.29, 1.82) is 0 Å². The molecular formula is C23H24N4O. The standard InChI is InChI=1S/C23H24N4O/c24-21-15-20(16-25-17-21)23(28)27-13-11-26(12-14-27)22(18-7-3-1-4-8-18)19-9-5-2-6-10-19/h1-10,15-17,22H,11-14,24H2. The second kappa shape index (κ2) is 8.23. The SMILES string of the molecule is Nc1cncc(C(=O)N2CCN(C(c3ccccc3)c3ccccc3)CC2)c1. The number of piperazine rings is 1. The fraction of sp³-hybridized carbons (Fsp3) is 0.217. The number of carbonyl (C=O) groups is 1. The summed E-state index contributed by atoms with van der Waals surface area (Å²) in [5.74, 6) is -0.00424. The van der Waals surface area contributed by atoms with Crippen molar-refractivity contribution in [1.82, 2.24) is 14.8 Å². The highest BCUT2D eigenvalue weighted by molar-refractivity contribution is 5.94. The molecule has 5 heteroatoms. The van der Waals surface area contributed by atoms with Crippen LogP contribution in [0.25, 0.3) is 0 Å². The van der Waals surface area contributed by atoms with Gasteiger partial charge in [-0.1, -0.05) is 60.7 Å². The maximum absolute atomic E-state index is 12.8. The van der Waals surface area contributed by atoms with E-state index in [-0.39, 0.29) is 11.9 Å². The lowest BCUT2D eigenvalue weighted by Gasteiger charge is -2.39. The highest BCUT2D eigenvalue weighted by Crippen LogP contribution is 2.29. The van der Waals surface area contributed by atoms with E-state index in [4.69, 9.17) is 5.73 Å². The zero-order valence-corrected chi connectivity index (χ0v) is 15.7. The number of aromatic nitrogens is 1. The van der Waals surface area contributed by atoms with Gasteiger partial charge < -0.3 is 10.6 Å². The first-order chi connectivity index (χ1) is 13.7. The molecule has 0 spiro atoms. The fourth-order valence-corrected chi connectivity index (χ4v) is 3.83. The van der Waals surface area contributed by atoms with Gasteiger partial charge in [0.05, 0.1) is 17.3 Å². The first kappa shape index (κ1) is 18.2. The minimum atomic E-state index is -0.00424. The number of benzene rings is 2. The number of hydrogen-bond donors (Lipinski definition) is 1. The van der Waals surface area contributed by atoms with Crippen LogP contribution in [0.4, 0.5) is 5.69 Å². The average Bonchev–Trinajstić information content (AvgIpc) is 2.75. The van der Waals surface area contributed by atoms with Gasteiger partial charge in [0.2, 0.25) is 0 Å². The van der Waals surface area contributed by atoms with Crippen molar-refractivity contribution in [3.63, 3.8) is 0 Å². The van der Waals surface area contributed by atoms with Gasteiger partial charge in [0, 0.05) is 38.6 Å². The molecule has 1 aliphatic heterocycles. The summed E-state index contributed by atoms with van der Waals surface area (Å²) in [5.41, 5.74) is 9.38. The highest BCUT2D eigenvalue weighted by Gasteiger charge is 2.28. The van der Waals surface area contributed by atoms with Gasteiger partial charge in [0.15, 0.2) is 0 Å². The Morgan fingerprint density at radius 1 is 0.857 bits per heavy atom. The van der Waals surface area contributed by atoms with E-state index in [2.05, 4.69) is 58.4 Å². The van der Waals surface area contributed by atoms with Gasteiger partial charge in [-0.2, -0.15) is 0 Å². The molecular weight excluding hydrogens is 348 g/mol. The van der Waals surface area contributed by atoms with Crippen molar-refractivity contribution in [2.75, 3.05) is 31.9 Å². The number of amides is 1. The molecule has 2 heterocycles. The summed E-state index contributed by atoms with van der Waals surface area (Å²) < 4.78 is 0. The lowest BCUT2D eigenvalue weighted by atomic mass is 9.96. The van der Waals surface area contributed by atoms with Crippen molar-refractivity contribution in [3.05, 3.63) is 95.8 Å². The topological polar surface area (TPSA) is 62.5 Å². The van der Waals surface area contributed by atoms with Crippen LogP contribution >= 0.6 is 0 Å². The molecule has 1 aromatic heterocycles. The van der Waals surface area contributed by atoms with Crippen molar-refractivity contribution in [2.24, 2.45) is 0 Å². The summed E-state index contributed by atoms with van der Waals surface area (Å²) in [5, 5.41) is 0. The smallest absolute Gasteiger partial charge is 0.255 e. The number of nitrogen functional groups attached to an aromatic ring is 1. The maximum atomic E-state index is 12.8. The number of nitrogens with two attached hydrogens (primary N) is 1. The molecule has 0 saturated carbocycles. The van der Waals surface area contributed by atoms with Gasteiger partial charge in [-0.15, -0.1) is 0 Å². The second-order valence-corrected chi connectivity index (χ2v) is 7.06. The van der Waals surface area contributed by atoms with E-state index in [0.717, 1.165) is 13.1 Å². The summed E-state index contributed by atoms with van der Waals surface area (Å²) in [7, 11) is 0. The summed E-state index contributed by atoms with van der Waals surface area (Å²) in [6, 6.07) is 23.0. The Morgan fingerprint density at radius 2 is 1.43 bits per heavy atom. The molecule has 142 valence electrons. The molecule has 3 aromatic rings. The Morgan fingerprint density at radius 3 is 1.96 bits per heavy atom. The lowest BCUT2D eigenvalue weighted by Crippen LogP contribution is -2.49. The highest BCUT2D eigenvalue weighted by atomic mass is 16.2. The van der Waals surface area contributed by atoms with Crippen molar-refractivity contribution < 1.29 is 4.79 Å². The van der Waals surface area contributed by atoms with E-state index in [1.165, 1.54) is 11.1 Å². The first-order valence-corrected chi connectivity index (χ1v) is 9.56. The third-order valence-electron chi connectivity index (χ3n) is 5.20. The maximum Gasteiger partial charge on any atom is 0.255 e. The average molecular weight is 372 g/mol. The Balaban J connectivity index is 1.51. The molecule has 5 nitrogen and oxygen atoms in total. The zero-order chi connectivity index (χ0) is 19.3. The van der Waals surface area contributed by atoms with Crippen LogP contribution in [0, 0.1) is 0 Å². The monoisotopic (exact) mass is 372 g/mol. The predicted octanol–water partition coefficient (Wildman–Crippen LogP) is 3.21. The Bertz CT molecular complexity index is 882. The molecule has 0 atom stereocenters. The van der Waals surface area contributed by atoms with Crippen molar-refractivity contribution >= 4 is 11.6 Å². The van der Waals surface area contributed by atoms with E-state index in [1.54, 1.807) is 18.5 Å². The number of carbonyl (C=O) groups excluding carboxylic acids is 1. The minimum absolute atomic E-state index is 0.00424. The molecule has 2 aromatic carbocycles. The summed E-state index contributed by atoms with van der Waals surface area (Å²) in [4.78, 5) is 21.2. The molecule has 1 saturated heterocycles. The number of anilines is 1. The van der Waals surface area contributed by atoms with Crippen LogP contribution in [0.2, 0.25) is 0 Å². The van der Waals surface area contributed by atoms with Crippen molar-refractivity contribution in [2.45, 2.75) is 6.04 Å². The van der Waals surface area contributed by atoms with Gasteiger partial charge in [-0.3, -0.25) is 14.7 Å². The van der Waals surface area contributed by atoms with Gasteiger partial charge >= 0.3 is 0 Å². The number of rotatable bonds is 4. The van der Waals surface area contributed by atoms with Crippen LogP contribution in [0.3, 0.4) is 0 Å². The van der Waals surface area contributed by atoms with Gasteiger partial charge in [0.1, 0.15) is 0 Å². The molecule has 1 aliphatic rings. The Hall–Kier alpha value is -3.18. The lowest BCUT2D eigenvalue weighted by molar-refractivity contribution is 0.0597. The van der Waals surface area contributed by atoms with Crippen LogP contribution in [0.5, 0.6) is 0 Å². The van der Waals surface area contributed by atoms with Gasteiger partial charge in [-0.25, -0.2) is 0 Å². The molecule has 0 radical (unpaired) electrons. The van der Waals surface area contributed by atoms with Crippen LogP contribution in [0.15, 0.2) is 79.1 Å². The van der Waals surface area contributed by atoms with Crippen LogP contribution < -0.4 is 5.73 Å². The molecule has 4 rings (SSSR count). The quantitative estimate of drug-likeness (QED) is 0.764. The molecule has 1 fully saturated rings. The van der Waals surface area contributed by atoms with E-state index in [1.807, 2.05) is 17.0 Å². The first-order valence-electron chi connectivity index (χ1n) is 9.56. The molecule has 0 aliphatic carbocycles.